The van der Waals surface area contributed by atoms with E-state index in [2.05, 4.69) is 20.1 Å². The van der Waals surface area contributed by atoms with Crippen molar-refractivity contribution in [2.75, 3.05) is 44.2 Å². The lowest BCUT2D eigenvalue weighted by atomic mass is 10.2. The Morgan fingerprint density at radius 2 is 1.96 bits per heavy atom. The molecule has 2 fully saturated rings. The predicted molar refractivity (Wildman–Crippen MR) is 89.7 cm³/mol. The van der Waals surface area contributed by atoms with E-state index in [4.69, 9.17) is 5.11 Å². The van der Waals surface area contributed by atoms with E-state index in [9.17, 15) is 4.79 Å². The molecule has 0 aromatic carbocycles. The lowest BCUT2D eigenvalue weighted by molar-refractivity contribution is 0.0944. The summed E-state index contributed by atoms with van der Waals surface area (Å²) >= 11 is 0. The number of anilines is 1. The highest BCUT2D eigenvalue weighted by molar-refractivity contribution is 5.94. The molecule has 1 aromatic heterocycles. The summed E-state index contributed by atoms with van der Waals surface area (Å²) in [5.41, 5.74) is 0.534. The number of rotatable bonds is 5. The second-order valence-corrected chi connectivity index (χ2v) is 6.35. The summed E-state index contributed by atoms with van der Waals surface area (Å²) < 4.78 is 0. The molecule has 0 radical (unpaired) electrons. The zero-order valence-corrected chi connectivity index (χ0v) is 13.6. The maximum absolute atomic E-state index is 11.8. The lowest BCUT2D eigenvalue weighted by Crippen LogP contribution is -2.50. The Hall–Kier alpha value is -1.66. The number of carbonyl (C=O) groups excluding carboxylic acids is 1. The van der Waals surface area contributed by atoms with Gasteiger partial charge in [0.2, 0.25) is 0 Å². The molecule has 0 unspecified atom stereocenters. The van der Waals surface area contributed by atoms with Gasteiger partial charge in [0, 0.05) is 45.0 Å². The Morgan fingerprint density at radius 3 is 2.57 bits per heavy atom. The van der Waals surface area contributed by atoms with Gasteiger partial charge in [0.15, 0.2) is 0 Å². The number of nitrogens with zero attached hydrogens (tertiary/aromatic N) is 3. The van der Waals surface area contributed by atoms with E-state index < -0.39 is 0 Å². The van der Waals surface area contributed by atoms with Crippen LogP contribution in [0.25, 0.3) is 0 Å². The molecule has 2 heterocycles. The van der Waals surface area contributed by atoms with Gasteiger partial charge in [0.1, 0.15) is 5.82 Å². The number of aliphatic hydroxyl groups excluding tert-OH is 1. The van der Waals surface area contributed by atoms with Crippen LogP contribution >= 0.6 is 0 Å². The summed E-state index contributed by atoms with van der Waals surface area (Å²) in [5.74, 6) is 0.749. The minimum atomic E-state index is -0.191. The molecular formula is C17H26N4O2. The molecule has 1 aliphatic heterocycles. The quantitative estimate of drug-likeness (QED) is 0.843. The molecule has 3 rings (SSSR count). The highest BCUT2D eigenvalue weighted by atomic mass is 16.3. The van der Waals surface area contributed by atoms with E-state index in [0.29, 0.717) is 5.56 Å². The van der Waals surface area contributed by atoms with Crippen LogP contribution in [0.15, 0.2) is 18.3 Å². The second kappa shape index (κ2) is 7.75. The highest BCUT2D eigenvalue weighted by Crippen LogP contribution is 2.25. The van der Waals surface area contributed by atoms with Gasteiger partial charge in [-0.3, -0.25) is 9.69 Å². The van der Waals surface area contributed by atoms with Crippen LogP contribution in [-0.2, 0) is 0 Å². The molecular weight excluding hydrogens is 292 g/mol. The molecule has 0 bridgehead atoms. The normalized spacial score (nSPS) is 20.0. The first-order chi connectivity index (χ1) is 11.3. The number of pyridine rings is 1. The number of aliphatic hydroxyl groups is 1. The van der Waals surface area contributed by atoms with Crippen molar-refractivity contribution >= 4 is 11.7 Å². The van der Waals surface area contributed by atoms with Gasteiger partial charge in [-0.05, 0) is 25.0 Å². The van der Waals surface area contributed by atoms with Crippen LogP contribution in [-0.4, -0.2) is 66.3 Å². The average Bonchev–Trinajstić information content (AvgIpc) is 3.14. The third-order valence-electron chi connectivity index (χ3n) is 4.89. The van der Waals surface area contributed by atoms with Gasteiger partial charge in [-0.1, -0.05) is 12.8 Å². The molecule has 1 amide bonds. The van der Waals surface area contributed by atoms with Crippen molar-refractivity contribution in [3.63, 3.8) is 0 Å². The average molecular weight is 318 g/mol. The summed E-state index contributed by atoms with van der Waals surface area (Å²) in [6, 6.07) is 4.51. The molecule has 2 N–H and O–H groups in total. The molecule has 0 atom stereocenters. The van der Waals surface area contributed by atoms with Crippen LogP contribution in [0, 0.1) is 0 Å². The molecule has 1 saturated carbocycles. The summed E-state index contributed by atoms with van der Waals surface area (Å²) in [6.45, 7) is 4.42. The highest BCUT2D eigenvalue weighted by Gasteiger charge is 2.26. The van der Waals surface area contributed by atoms with Gasteiger partial charge >= 0.3 is 0 Å². The van der Waals surface area contributed by atoms with Crippen LogP contribution in [0.3, 0.4) is 0 Å². The summed E-state index contributed by atoms with van der Waals surface area (Å²) in [6.07, 6.45) is 7.09. The minimum Gasteiger partial charge on any atom is -0.395 e. The van der Waals surface area contributed by atoms with Crippen LogP contribution in [0.1, 0.15) is 36.0 Å². The molecule has 2 aliphatic rings. The third-order valence-corrected chi connectivity index (χ3v) is 4.89. The van der Waals surface area contributed by atoms with E-state index in [1.807, 2.05) is 6.07 Å². The fourth-order valence-corrected chi connectivity index (χ4v) is 3.56. The van der Waals surface area contributed by atoms with Crippen LogP contribution in [0.2, 0.25) is 0 Å². The Morgan fingerprint density at radius 1 is 1.22 bits per heavy atom. The zero-order valence-electron chi connectivity index (χ0n) is 13.6. The number of hydrogen-bond acceptors (Lipinski definition) is 5. The number of aromatic nitrogens is 1. The molecule has 126 valence electrons. The molecule has 23 heavy (non-hydrogen) atoms. The van der Waals surface area contributed by atoms with Crippen molar-refractivity contribution in [2.45, 2.75) is 31.7 Å². The molecule has 0 spiro atoms. The van der Waals surface area contributed by atoms with Crippen LogP contribution in [0.4, 0.5) is 5.82 Å². The maximum Gasteiger partial charge on any atom is 0.252 e. The van der Waals surface area contributed by atoms with E-state index in [0.717, 1.165) is 38.0 Å². The van der Waals surface area contributed by atoms with Gasteiger partial charge < -0.3 is 15.3 Å². The van der Waals surface area contributed by atoms with Crippen LogP contribution < -0.4 is 10.2 Å². The second-order valence-electron chi connectivity index (χ2n) is 6.35. The van der Waals surface area contributed by atoms with E-state index >= 15 is 0 Å². The van der Waals surface area contributed by atoms with Gasteiger partial charge in [0.05, 0.1) is 12.2 Å². The third kappa shape index (κ3) is 4.00. The first-order valence-electron chi connectivity index (χ1n) is 8.62. The Balaban J connectivity index is 1.53. The van der Waals surface area contributed by atoms with Gasteiger partial charge in [-0.2, -0.15) is 0 Å². The first kappa shape index (κ1) is 16.2. The lowest BCUT2D eigenvalue weighted by Gasteiger charge is -2.38. The standard InChI is InChI=1S/C17H26N4O2/c22-12-7-18-17(23)14-5-6-16(19-13-14)21-10-8-20(9-11-21)15-3-1-2-4-15/h5-6,13,15,22H,1-4,7-12H2,(H,18,23). The van der Waals surface area contributed by atoms with Crippen molar-refractivity contribution in [3.05, 3.63) is 23.9 Å². The van der Waals surface area contributed by atoms with Gasteiger partial charge in [-0.15, -0.1) is 0 Å². The fraction of sp³-hybridized carbons (Fsp3) is 0.647. The van der Waals surface area contributed by atoms with E-state index in [1.54, 1.807) is 12.3 Å². The maximum atomic E-state index is 11.8. The van der Waals surface area contributed by atoms with Crippen molar-refractivity contribution in [3.8, 4) is 0 Å². The SMILES string of the molecule is O=C(NCCO)c1ccc(N2CCN(C3CCCC3)CC2)nc1. The topological polar surface area (TPSA) is 68.7 Å². The number of nitrogens with one attached hydrogen (secondary N) is 1. The molecule has 1 saturated heterocycles. The van der Waals surface area contributed by atoms with Crippen molar-refractivity contribution in [2.24, 2.45) is 0 Å². The Kier molecular flexibility index (Phi) is 5.46. The van der Waals surface area contributed by atoms with Crippen molar-refractivity contribution in [1.82, 2.24) is 15.2 Å². The number of carbonyl (C=O) groups is 1. The number of hydrogen-bond donors (Lipinski definition) is 2. The van der Waals surface area contributed by atoms with Crippen molar-refractivity contribution < 1.29 is 9.90 Å². The summed E-state index contributed by atoms with van der Waals surface area (Å²) in [5, 5.41) is 11.4. The first-order valence-corrected chi connectivity index (χ1v) is 8.62. The summed E-state index contributed by atoms with van der Waals surface area (Å²) in [7, 11) is 0. The monoisotopic (exact) mass is 318 g/mol. The Labute approximate surface area is 137 Å². The largest absolute Gasteiger partial charge is 0.395 e. The van der Waals surface area contributed by atoms with Crippen LogP contribution in [0.5, 0.6) is 0 Å². The zero-order chi connectivity index (χ0) is 16.1. The van der Waals surface area contributed by atoms with Gasteiger partial charge in [0.25, 0.3) is 5.91 Å². The smallest absolute Gasteiger partial charge is 0.252 e. The number of amides is 1. The molecule has 1 aliphatic carbocycles. The van der Waals surface area contributed by atoms with Crippen molar-refractivity contribution in [1.29, 1.82) is 0 Å². The predicted octanol–water partition coefficient (Wildman–Crippen LogP) is 0.868. The summed E-state index contributed by atoms with van der Waals surface area (Å²) in [4.78, 5) is 21.2. The van der Waals surface area contributed by atoms with E-state index in [-0.39, 0.29) is 19.1 Å². The van der Waals surface area contributed by atoms with Gasteiger partial charge in [-0.25, -0.2) is 4.98 Å². The fourth-order valence-electron chi connectivity index (χ4n) is 3.56. The molecule has 1 aromatic rings. The molecule has 6 nitrogen and oxygen atoms in total. The Bertz CT molecular complexity index is 506. The number of piperazine rings is 1. The minimum absolute atomic E-state index is 0.0531. The van der Waals surface area contributed by atoms with E-state index in [1.165, 1.54) is 25.7 Å². The molecule has 6 heteroatoms.